The third kappa shape index (κ3) is 3.53. The predicted molar refractivity (Wildman–Crippen MR) is 119 cm³/mol. The number of hydrogen-bond donors (Lipinski definition) is 1. The Morgan fingerprint density at radius 3 is 2.69 bits per heavy atom. The molecule has 3 heterocycles. The third-order valence-electron chi connectivity index (χ3n) is 5.53. The highest BCUT2D eigenvalue weighted by atomic mass is 35.5. The zero-order valence-electron chi connectivity index (χ0n) is 16.7. The molecule has 3 aromatic heterocycles. The topological polar surface area (TPSA) is 120 Å². The van der Waals surface area contributed by atoms with Gasteiger partial charge in [0.1, 0.15) is 16.2 Å². The lowest BCUT2D eigenvalue weighted by molar-refractivity contribution is 0.425. The molecule has 1 aromatic carbocycles. The Morgan fingerprint density at radius 1 is 1.12 bits per heavy atom. The monoisotopic (exact) mass is 468 g/mol. The number of fused-ring (bicyclic) bond motifs is 1. The minimum absolute atomic E-state index is 0.0806. The molecule has 4 aromatic rings. The lowest BCUT2D eigenvalue weighted by atomic mass is 10.2. The van der Waals surface area contributed by atoms with Crippen LogP contribution in [0.4, 0.5) is 0 Å². The summed E-state index contributed by atoms with van der Waals surface area (Å²) in [6, 6.07) is 7.32. The number of nitrogens with zero attached hydrogens (tertiary/aromatic N) is 5. The normalized spacial score (nSPS) is 16.0. The number of H-pyrrole nitrogens is 1. The van der Waals surface area contributed by atoms with Crippen molar-refractivity contribution in [3.8, 4) is 11.5 Å². The van der Waals surface area contributed by atoms with Crippen molar-refractivity contribution >= 4 is 34.4 Å². The Balaban J connectivity index is 1.38. The predicted octanol–water partition coefficient (Wildman–Crippen LogP) is 3.69. The maximum absolute atomic E-state index is 12.7. The fourth-order valence-electron chi connectivity index (χ4n) is 3.62. The molecule has 0 atom stereocenters. The van der Waals surface area contributed by atoms with E-state index in [0.29, 0.717) is 49.9 Å². The van der Waals surface area contributed by atoms with E-state index < -0.39 is 11.2 Å². The number of rotatable bonds is 6. The fraction of sp³-hybridized carbons (Fsp3) is 0.333. The van der Waals surface area contributed by atoms with Crippen LogP contribution in [-0.4, -0.2) is 29.7 Å². The maximum atomic E-state index is 12.7. The summed E-state index contributed by atoms with van der Waals surface area (Å²) < 4.78 is 6.98. The highest BCUT2D eigenvalue weighted by molar-refractivity contribution is 7.98. The van der Waals surface area contributed by atoms with Gasteiger partial charge in [0.05, 0.1) is 16.3 Å². The molecule has 0 spiro atoms. The van der Waals surface area contributed by atoms with Gasteiger partial charge in [0.25, 0.3) is 11.4 Å². The summed E-state index contributed by atoms with van der Waals surface area (Å²) in [7, 11) is 0. The van der Waals surface area contributed by atoms with Gasteiger partial charge in [-0.3, -0.25) is 14.3 Å². The number of halogens is 1. The molecule has 162 valence electrons. The van der Waals surface area contributed by atoms with Crippen LogP contribution in [0, 0.1) is 0 Å². The number of benzene rings is 1. The van der Waals surface area contributed by atoms with Crippen LogP contribution in [0.3, 0.4) is 0 Å². The maximum Gasteiger partial charge on any atom is 0.330 e. The molecule has 0 aliphatic heterocycles. The summed E-state index contributed by atoms with van der Waals surface area (Å²) in [5.74, 6) is 2.09. The smallest absolute Gasteiger partial charge is 0.330 e. The Kier molecular flexibility index (Phi) is 4.65. The molecule has 6 rings (SSSR count). The second kappa shape index (κ2) is 7.56. The summed E-state index contributed by atoms with van der Waals surface area (Å²) in [5.41, 5.74) is 0.192. The van der Waals surface area contributed by atoms with Crippen LogP contribution in [0.25, 0.3) is 22.5 Å². The molecule has 1 N–H and O–H groups in total. The van der Waals surface area contributed by atoms with Crippen molar-refractivity contribution < 1.29 is 4.52 Å². The van der Waals surface area contributed by atoms with Crippen molar-refractivity contribution in [1.82, 2.24) is 29.7 Å². The van der Waals surface area contributed by atoms with E-state index in [4.69, 9.17) is 16.1 Å². The molecular formula is C21H17ClN6O3S. The Labute approximate surface area is 190 Å². The largest absolute Gasteiger partial charge is 0.334 e. The van der Waals surface area contributed by atoms with Gasteiger partial charge in [-0.2, -0.15) is 4.98 Å². The highest BCUT2D eigenvalue weighted by Crippen LogP contribution is 2.41. The van der Waals surface area contributed by atoms with Gasteiger partial charge in [-0.05, 0) is 37.8 Å². The minimum atomic E-state index is -0.475. The van der Waals surface area contributed by atoms with Gasteiger partial charge in [-0.15, -0.1) is 0 Å². The SMILES string of the molecule is O=c1[nH]c(=O)n(C2CC2)c2nc(C3CC3)nc(SCc3noc(-c4ccccc4Cl)n3)c12. The Morgan fingerprint density at radius 2 is 1.94 bits per heavy atom. The molecule has 32 heavy (non-hydrogen) atoms. The van der Waals surface area contributed by atoms with E-state index in [1.54, 1.807) is 10.6 Å². The molecule has 2 aliphatic rings. The van der Waals surface area contributed by atoms with Crippen molar-refractivity contribution in [3.63, 3.8) is 0 Å². The van der Waals surface area contributed by atoms with E-state index in [1.807, 2.05) is 18.2 Å². The van der Waals surface area contributed by atoms with Gasteiger partial charge in [0.2, 0.25) is 0 Å². The van der Waals surface area contributed by atoms with Crippen LogP contribution >= 0.6 is 23.4 Å². The fourth-order valence-corrected chi connectivity index (χ4v) is 4.71. The van der Waals surface area contributed by atoms with Crippen molar-refractivity contribution in [1.29, 1.82) is 0 Å². The number of thioether (sulfide) groups is 1. The molecule has 0 bridgehead atoms. The van der Waals surface area contributed by atoms with Crippen molar-refractivity contribution in [2.24, 2.45) is 0 Å². The second-order valence-electron chi connectivity index (χ2n) is 8.00. The van der Waals surface area contributed by atoms with E-state index in [2.05, 4.69) is 25.1 Å². The van der Waals surface area contributed by atoms with Crippen LogP contribution in [0.15, 0.2) is 43.4 Å². The molecule has 2 saturated carbocycles. The second-order valence-corrected chi connectivity index (χ2v) is 9.38. The standard InChI is InChI=1S/C21H17ClN6O3S/c22-13-4-2-1-3-12(13)19-23-14(27-31-19)9-32-20-15-17(24-16(25-20)10-5-6-10)28(11-7-8-11)21(30)26-18(15)29/h1-4,10-11H,5-9H2,(H,26,29,30). The average molecular weight is 469 g/mol. The van der Waals surface area contributed by atoms with Gasteiger partial charge < -0.3 is 4.52 Å². The molecule has 0 unspecified atom stereocenters. The summed E-state index contributed by atoms with van der Waals surface area (Å²) in [5, 5.41) is 5.42. The number of aromatic amines is 1. The number of nitrogens with one attached hydrogen (secondary N) is 1. The van der Waals surface area contributed by atoms with Crippen LogP contribution in [-0.2, 0) is 5.75 Å². The molecule has 9 nitrogen and oxygen atoms in total. The number of hydrogen-bond acceptors (Lipinski definition) is 8. The third-order valence-corrected chi connectivity index (χ3v) is 6.83. The van der Waals surface area contributed by atoms with Gasteiger partial charge in [0.15, 0.2) is 11.5 Å². The van der Waals surface area contributed by atoms with Crippen molar-refractivity contribution in [2.75, 3.05) is 0 Å². The zero-order chi connectivity index (χ0) is 21.8. The first kappa shape index (κ1) is 19.7. The van der Waals surface area contributed by atoms with Gasteiger partial charge in [0, 0.05) is 12.0 Å². The summed E-state index contributed by atoms with van der Waals surface area (Å²) in [6.07, 6.45) is 3.83. The molecule has 0 radical (unpaired) electrons. The summed E-state index contributed by atoms with van der Waals surface area (Å²) in [6.45, 7) is 0. The molecule has 0 saturated heterocycles. The average Bonchev–Trinajstić information content (AvgIpc) is 3.71. The van der Waals surface area contributed by atoms with E-state index in [0.717, 1.165) is 25.7 Å². The van der Waals surface area contributed by atoms with Gasteiger partial charge in [-0.25, -0.2) is 14.8 Å². The first-order valence-corrected chi connectivity index (χ1v) is 11.7. The van der Waals surface area contributed by atoms with Crippen molar-refractivity contribution in [2.45, 2.75) is 48.4 Å². The first-order valence-electron chi connectivity index (χ1n) is 10.3. The molecule has 2 fully saturated rings. The Bertz CT molecular complexity index is 1470. The molecule has 11 heteroatoms. The minimum Gasteiger partial charge on any atom is -0.334 e. The summed E-state index contributed by atoms with van der Waals surface area (Å²) >= 11 is 7.55. The summed E-state index contributed by atoms with van der Waals surface area (Å²) in [4.78, 5) is 41.4. The number of aromatic nitrogens is 6. The zero-order valence-corrected chi connectivity index (χ0v) is 18.3. The lowest BCUT2D eigenvalue weighted by Crippen LogP contribution is -2.31. The highest BCUT2D eigenvalue weighted by Gasteiger charge is 2.32. The lowest BCUT2D eigenvalue weighted by Gasteiger charge is -2.11. The Hall–Kier alpha value is -2.98. The van der Waals surface area contributed by atoms with Crippen LogP contribution in [0.2, 0.25) is 5.02 Å². The van der Waals surface area contributed by atoms with E-state index >= 15 is 0 Å². The van der Waals surface area contributed by atoms with E-state index in [1.165, 1.54) is 11.8 Å². The molecular weight excluding hydrogens is 452 g/mol. The van der Waals surface area contributed by atoms with Gasteiger partial charge >= 0.3 is 5.69 Å². The molecule has 0 amide bonds. The van der Waals surface area contributed by atoms with E-state index in [9.17, 15) is 9.59 Å². The van der Waals surface area contributed by atoms with Crippen LogP contribution < -0.4 is 11.2 Å². The first-order chi connectivity index (χ1) is 15.6. The quantitative estimate of drug-likeness (QED) is 0.336. The van der Waals surface area contributed by atoms with Gasteiger partial charge in [-0.1, -0.05) is 40.7 Å². The van der Waals surface area contributed by atoms with Crippen LogP contribution in [0.1, 0.15) is 49.3 Å². The van der Waals surface area contributed by atoms with Crippen molar-refractivity contribution in [3.05, 3.63) is 61.8 Å². The van der Waals surface area contributed by atoms with Crippen LogP contribution in [0.5, 0.6) is 0 Å². The molecule has 2 aliphatic carbocycles. The van der Waals surface area contributed by atoms with E-state index in [-0.39, 0.29) is 12.0 Å².